The van der Waals surface area contributed by atoms with Gasteiger partial charge in [0.2, 0.25) is 11.9 Å². The van der Waals surface area contributed by atoms with Crippen molar-refractivity contribution < 1.29 is 37.1 Å². The van der Waals surface area contributed by atoms with Crippen LogP contribution in [0.5, 0.6) is 5.75 Å². The number of carbonyl (C=O) groups is 3. The number of hydrogen-bond donors (Lipinski definition) is 4. The van der Waals surface area contributed by atoms with Crippen LogP contribution in [0.4, 0.5) is 4.79 Å². The molecule has 0 fully saturated rings. The van der Waals surface area contributed by atoms with E-state index in [2.05, 4.69) is 20.3 Å². The Bertz CT molecular complexity index is 1920. The Hall–Kier alpha value is -5.15. The Morgan fingerprint density at radius 1 is 0.943 bits per heavy atom. The van der Waals surface area contributed by atoms with Crippen LogP contribution in [0.25, 0.3) is 11.1 Å². The molecule has 1 aliphatic rings. The van der Waals surface area contributed by atoms with Crippen LogP contribution in [0, 0.1) is 26.7 Å². The number of alkyl carbamates (subject to hydrolysis) is 1. The number of benzene rings is 3. The number of ether oxygens (including phenoxy) is 2. The van der Waals surface area contributed by atoms with E-state index in [4.69, 9.17) is 20.0 Å². The Kier molecular flexibility index (Phi) is 13.5. The number of hydrogen-bond acceptors (Lipinski definition) is 9. The molecule has 1 aliphatic carbocycles. The normalized spacial score (nSPS) is 13.8. The first-order valence-electron chi connectivity index (χ1n) is 17.3. The topological polar surface area (TPSA) is 191 Å². The molecule has 0 unspecified atom stereocenters. The Balaban J connectivity index is 1.38. The number of nitrogens with zero attached hydrogens (tertiary/aromatic N) is 2. The minimum Gasteiger partial charge on any atom is -0.496 e. The molecular formula is C38H50N6O8S. The van der Waals surface area contributed by atoms with Gasteiger partial charge in [-0.05, 0) is 84.5 Å². The van der Waals surface area contributed by atoms with Crippen molar-refractivity contribution in [3.63, 3.8) is 0 Å². The average molecular weight is 751 g/mol. The highest BCUT2D eigenvalue weighted by atomic mass is 32.2. The van der Waals surface area contributed by atoms with E-state index in [-0.39, 0.29) is 48.7 Å². The van der Waals surface area contributed by atoms with E-state index < -0.39 is 40.0 Å². The maximum Gasteiger partial charge on any atom is 0.407 e. The number of fused-ring (bicyclic) bond motifs is 3. The molecule has 5 N–H and O–H groups in total. The molecule has 0 heterocycles. The van der Waals surface area contributed by atoms with Crippen molar-refractivity contribution >= 4 is 33.9 Å². The zero-order valence-electron chi connectivity index (χ0n) is 31.5. The quantitative estimate of drug-likeness (QED) is 0.0768. The largest absolute Gasteiger partial charge is 0.496 e. The molecule has 3 aromatic rings. The molecule has 2 atom stereocenters. The Morgan fingerprint density at radius 3 is 2.11 bits per heavy atom. The summed E-state index contributed by atoms with van der Waals surface area (Å²) in [6.45, 7) is 8.76. The summed E-state index contributed by atoms with van der Waals surface area (Å²) in [6.07, 6.45) is -0.421. The van der Waals surface area contributed by atoms with Gasteiger partial charge in [-0.3, -0.25) is 19.4 Å². The van der Waals surface area contributed by atoms with Crippen molar-refractivity contribution in [2.45, 2.75) is 70.4 Å². The standard InChI is InChI=1S/C38H50N6O8S/c1-22(2)33(42-38(47)52-21-30-28-16-11-9-14-26(28)27-15-10-12-17-29(27)30)35(45)41-31(36(46)44(6)51-8)18-13-19-40-37(39)43-53(48,49)34-23(3)20-32(50-7)24(4)25(34)5/h9-12,14-17,20,22,30-31,33H,13,18-19,21H2,1-8H3,(H,41,45)(H,42,47)(H3,39,40,43)/t31-,33-/m0/s1. The SMILES string of the molecule is COc1cc(C)c(S(=O)(=O)NC(N)=NCCC[C@H](NC(=O)[C@@H](NC(=O)OCC2c3ccccc3-c3ccccc32)C(C)C)C(=O)N(C)OC)c(C)c1C. The number of likely N-dealkylation sites (N-methyl/N-ethyl adjacent to an activating group) is 1. The van der Waals surface area contributed by atoms with Crippen LogP contribution in [0.1, 0.15) is 60.4 Å². The lowest BCUT2D eigenvalue weighted by molar-refractivity contribution is -0.172. The van der Waals surface area contributed by atoms with E-state index in [9.17, 15) is 22.8 Å². The van der Waals surface area contributed by atoms with Gasteiger partial charge in [0.15, 0.2) is 0 Å². The van der Waals surface area contributed by atoms with E-state index in [1.165, 1.54) is 21.3 Å². The van der Waals surface area contributed by atoms with Crippen LogP contribution < -0.4 is 25.8 Å². The van der Waals surface area contributed by atoms with Crippen molar-refractivity contribution in [1.82, 2.24) is 20.4 Å². The van der Waals surface area contributed by atoms with Crippen LogP contribution in [-0.4, -0.2) is 83.9 Å². The molecule has 0 saturated heterocycles. The average Bonchev–Trinajstić information content (AvgIpc) is 3.44. The molecule has 14 nitrogen and oxygen atoms in total. The second-order valence-corrected chi connectivity index (χ2v) is 14.9. The van der Waals surface area contributed by atoms with Crippen LogP contribution in [-0.2, 0) is 29.2 Å². The van der Waals surface area contributed by atoms with Crippen molar-refractivity contribution in [3.05, 3.63) is 82.4 Å². The number of aryl methyl sites for hydroxylation is 1. The number of nitrogens with one attached hydrogen (secondary N) is 3. The summed E-state index contributed by atoms with van der Waals surface area (Å²) in [7, 11) is 0.172. The third-order valence-electron chi connectivity index (χ3n) is 9.40. The van der Waals surface area contributed by atoms with Gasteiger partial charge in [-0.2, -0.15) is 0 Å². The molecule has 0 radical (unpaired) electrons. The fraction of sp³-hybridized carbons (Fsp3) is 0.421. The van der Waals surface area contributed by atoms with E-state index in [1.807, 2.05) is 48.5 Å². The van der Waals surface area contributed by atoms with Gasteiger partial charge in [-0.15, -0.1) is 0 Å². The summed E-state index contributed by atoms with van der Waals surface area (Å²) in [5.74, 6) is -1.40. The van der Waals surface area contributed by atoms with E-state index in [1.54, 1.807) is 40.7 Å². The molecule has 15 heteroatoms. The lowest BCUT2D eigenvalue weighted by atomic mass is 9.98. The van der Waals surface area contributed by atoms with Gasteiger partial charge in [0, 0.05) is 19.5 Å². The van der Waals surface area contributed by atoms with Gasteiger partial charge in [0.1, 0.15) is 24.4 Å². The highest BCUT2D eigenvalue weighted by molar-refractivity contribution is 7.90. The molecule has 0 bridgehead atoms. The molecule has 0 aliphatic heterocycles. The van der Waals surface area contributed by atoms with Gasteiger partial charge in [-0.1, -0.05) is 62.4 Å². The molecule has 0 spiro atoms. The van der Waals surface area contributed by atoms with Crippen molar-refractivity contribution in [3.8, 4) is 16.9 Å². The molecule has 0 saturated carbocycles. The molecular weight excluding hydrogens is 701 g/mol. The summed E-state index contributed by atoms with van der Waals surface area (Å²) in [4.78, 5) is 49.1. The third-order valence-corrected chi connectivity index (χ3v) is 11.0. The number of aliphatic imine (C=N–C) groups is 1. The molecule has 0 aromatic heterocycles. The lowest BCUT2D eigenvalue weighted by Gasteiger charge is -2.27. The minimum absolute atomic E-state index is 0.0376. The number of nitrogens with two attached hydrogens (primary N) is 1. The lowest BCUT2D eigenvalue weighted by Crippen LogP contribution is -2.55. The Morgan fingerprint density at radius 2 is 1.55 bits per heavy atom. The maximum absolute atomic E-state index is 13.6. The monoisotopic (exact) mass is 750 g/mol. The first kappa shape index (κ1) is 40.6. The van der Waals surface area contributed by atoms with Gasteiger partial charge >= 0.3 is 6.09 Å². The zero-order chi connectivity index (χ0) is 39.0. The van der Waals surface area contributed by atoms with E-state index in [0.29, 0.717) is 22.4 Å². The smallest absolute Gasteiger partial charge is 0.407 e. The van der Waals surface area contributed by atoms with Gasteiger partial charge < -0.3 is 25.8 Å². The number of amides is 3. The van der Waals surface area contributed by atoms with Crippen LogP contribution in [0.2, 0.25) is 0 Å². The molecule has 286 valence electrons. The summed E-state index contributed by atoms with van der Waals surface area (Å²) in [5.41, 5.74) is 12.0. The number of sulfonamides is 1. The summed E-state index contributed by atoms with van der Waals surface area (Å²) in [5, 5.41) is 6.39. The zero-order valence-corrected chi connectivity index (χ0v) is 32.3. The molecule has 53 heavy (non-hydrogen) atoms. The summed E-state index contributed by atoms with van der Waals surface area (Å²) >= 11 is 0. The fourth-order valence-electron chi connectivity index (χ4n) is 6.49. The second kappa shape index (κ2) is 17.6. The maximum atomic E-state index is 13.6. The number of rotatable bonds is 15. The number of hydroxylamine groups is 2. The predicted octanol–water partition coefficient (Wildman–Crippen LogP) is 4.06. The van der Waals surface area contributed by atoms with Crippen molar-refractivity contribution in [1.29, 1.82) is 0 Å². The van der Waals surface area contributed by atoms with Crippen molar-refractivity contribution in [2.24, 2.45) is 16.6 Å². The number of methoxy groups -OCH3 is 1. The third kappa shape index (κ3) is 9.45. The number of guanidine groups is 1. The van der Waals surface area contributed by atoms with Gasteiger partial charge in [0.05, 0.1) is 19.1 Å². The van der Waals surface area contributed by atoms with E-state index >= 15 is 0 Å². The van der Waals surface area contributed by atoms with E-state index in [0.717, 1.165) is 27.3 Å². The minimum atomic E-state index is -4.07. The first-order chi connectivity index (χ1) is 25.1. The molecule has 3 amide bonds. The highest BCUT2D eigenvalue weighted by Crippen LogP contribution is 2.44. The van der Waals surface area contributed by atoms with Crippen LogP contribution >= 0.6 is 0 Å². The number of carbonyl (C=O) groups excluding carboxylic acids is 3. The highest BCUT2D eigenvalue weighted by Gasteiger charge is 2.33. The predicted molar refractivity (Wildman–Crippen MR) is 202 cm³/mol. The first-order valence-corrected chi connectivity index (χ1v) is 18.8. The van der Waals surface area contributed by atoms with Crippen LogP contribution in [0.15, 0.2) is 64.5 Å². The Labute approximate surface area is 311 Å². The van der Waals surface area contributed by atoms with Crippen LogP contribution in [0.3, 0.4) is 0 Å². The van der Waals surface area contributed by atoms with Gasteiger partial charge in [0.25, 0.3) is 15.9 Å². The summed E-state index contributed by atoms with van der Waals surface area (Å²) in [6, 6.07) is 15.5. The summed E-state index contributed by atoms with van der Waals surface area (Å²) < 4.78 is 39.8. The fourth-order valence-corrected chi connectivity index (χ4v) is 7.97. The molecule has 4 rings (SSSR count). The second-order valence-electron chi connectivity index (χ2n) is 13.3. The van der Waals surface area contributed by atoms with Gasteiger partial charge in [-0.25, -0.2) is 23.0 Å². The van der Waals surface area contributed by atoms with Crippen molar-refractivity contribution in [2.75, 3.05) is 34.4 Å². The molecule has 3 aromatic carbocycles.